The average Bonchev–Trinajstić information content (AvgIpc) is 2.28. The van der Waals surface area contributed by atoms with Crippen molar-refractivity contribution < 1.29 is 9.72 Å². The molecule has 0 heterocycles. The number of amides is 1. The maximum atomic E-state index is 11.7. The highest BCUT2D eigenvalue weighted by molar-refractivity contribution is 9.10. The van der Waals surface area contributed by atoms with Gasteiger partial charge in [-0.05, 0) is 12.5 Å². The fraction of sp³-hybridized carbons (Fsp3) is 0.364. The van der Waals surface area contributed by atoms with Crippen molar-refractivity contribution >= 4 is 27.5 Å². The van der Waals surface area contributed by atoms with E-state index in [2.05, 4.69) is 21.2 Å². The first-order valence-corrected chi connectivity index (χ1v) is 6.07. The number of nitrogens with zero attached hydrogens (tertiary/aromatic N) is 1. The Kier molecular flexibility index (Phi) is 5.09. The van der Waals surface area contributed by atoms with E-state index < -0.39 is 4.92 Å². The van der Waals surface area contributed by atoms with Gasteiger partial charge < -0.3 is 5.32 Å². The summed E-state index contributed by atoms with van der Waals surface area (Å²) < 4.78 is 0.521. The fourth-order valence-corrected chi connectivity index (χ4v) is 1.77. The lowest BCUT2D eigenvalue weighted by molar-refractivity contribution is -0.385. The number of hydrogen-bond acceptors (Lipinski definition) is 3. The van der Waals surface area contributed by atoms with Crippen LogP contribution in [0.2, 0.25) is 0 Å². The van der Waals surface area contributed by atoms with Crippen LogP contribution in [0.25, 0.3) is 0 Å². The van der Waals surface area contributed by atoms with Gasteiger partial charge in [0.1, 0.15) is 0 Å². The van der Waals surface area contributed by atoms with Crippen molar-refractivity contribution in [3.05, 3.63) is 38.3 Å². The molecule has 1 N–H and O–H groups in total. The van der Waals surface area contributed by atoms with Gasteiger partial charge in [0.2, 0.25) is 0 Å². The molecule has 0 bridgehead atoms. The minimum Gasteiger partial charge on any atom is -0.352 e. The molecule has 0 spiro atoms. The number of non-ortho nitro benzene ring substituents is 1. The molecule has 5 nitrogen and oxygen atoms in total. The van der Waals surface area contributed by atoms with Crippen LogP contribution < -0.4 is 5.32 Å². The van der Waals surface area contributed by atoms with E-state index in [1.54, 1.807) is 6.07 Å². The number of benzene rings is 1. The maximum Gasteiger partial charge on any atom is 0.271 e. The Morgan fingerprint density at radius 1 is 1.47 bits per heavy atom. The summed E-state index contributed by atoms with van der Waals surface area (Å²) in [5, 5.41) is 13.4. The third-order valence-electron chi connectivity index (χ3n) is 2.17. The summed E-state index contributed by atoms with van der Waals surface area (Å²) >= 11 is 3.15. The van der Waals surface area contributed by atoms with Gasteiger partial charge in [0.15, 0.2) is 0 Å². The molecule has 0 radical (unpaired) electrons. The van der Waals surface area contributed by atoms with E-state index in [-0.39, 0.29) is 11.6 Å². The quantitative estimate of drug-likeness (QED) is 0.516. The lowest BCUT2D eigenvalue weighted by Crippen LogP contribution is -2.24. The smallest absolute Gasteiger partial charge is 0.271 e. The second kappa shape index (κ2) is 6.34. The number of halogens is 1. The summed E-state index contributed by atoms with van der Waals surface area (Å²) in [6, 6.07) is 4.20. The van der Waals surface area contributed by atoms with Crippen LogP contribution in [0.1, 0.15) is 30.1 Å². The zero-order valence-electron chi connectivity index (χ0n) is 9.40. The topological polar surface area (TPSA) is 72.2 Å². The summed E-state index contributed by atoms with van der Waals surface area (Å²) in [6.07, 6.45) is 1.88. The van der Waals surface area contributed by atoms with Gasteiger partial charge in [-0.15, -0.1) is 0 Å². The second-order valence-electron chi connectivity index (χ2n) is 3.56. The normalized spacial score (nSPS) is 10.0. The van der Waals surface area contributed by atoms with Crippen LogP contribution in [-0.2, 0) is 0 Å². The van der Waals surface area contributed by atoms with Crippen molar-refractivity contribution in [2.24, 2.45) is 0 Å². The number of hydrogen-bond donors (Lipinski definition) is 1. The highest BCUT2D eigenvalue weighted by Crippen LogP contribution is 2.21. The Balaban J connectivity index is 2.82. The van der Waals surface area contributed by atoms with Gasteiger partial charge >= 0.3 is 0 Å². The molecule has 0 aromatic heterocycles. The van der Waals surface area contributed by atoms with E-state index in [4.69, 9.17) is 0 Å². The van der Waals surface area contributed by atoms with Gasteiger partial charge in [0.25, 0.3) is 11.6 Å². The van der Waals surface area contributed by atoms with E-state index in [9.17, 15) is 14.9 Å². The summed E-state index contributed by atoms with van der Waals surface area (Å²) in [7, 11) is 0. The van der Waals surface area contributed by atoms with Gasteiger partial charge in [-0.2, -0.15) is 0 Å². The van der Waals surface area contributed by atoms with E-state index in [1.807, 2.05) is 6.92 Å². The maximum absolute atomic E-state index is 11.7. The van der Waals surface area contributed by atoms with Gasteiger partial charge in [-0.1, -0.05) is 29.3 Å². The monoisotopic (exact) mass is 300 g/mol. The van der Waals surface area contributed by atoms with Crippen LogP contribution in [0.3, 0.4) is 0 Å². The number of carbonyl (C=O) groups is 1. The lowest BCUT2D eigenvalue weighted by Gasteiger charge is -2.04. The highest BCUT2D eigenvalue weighted by atomic mass is 79.9. The first kappa shape index (κ1) is 13.6. The molecule has 0 fully saturated rings. The number of nitro groups is 1. The third-order valence-corrected chi connectivity index (χ3v) is 2.63. The van der Waals surface area contributed by atoms with Gasteiger partial charge in [0, 0.05) is 28.7 Å². The van der Waals surface area contributed by atoms with Crippen LogP contribution in [0.15, 0.2) is 22.7 Å². The molecular weight excluding hydrogens is 288 g/mol. The molecule has 0 saturated heterocycles. The van der Waals surface area contributed by atoms with Gasteiger partial charge in [-0.3, -0.25) is 14.9 Å². The predicted molar refractivity (Wildman–Crippen MR) is 68.0 cm³/mol. The van der Waals surface area contributed by atoms with Crippen molar-refractivity contribution in [1.29, 1.82) is 0 Å². The van der Waals surface area contributed by atoms with Crippen molar-refractivity contribution in [1.82, 2.24) is 5.32 Å². The Morgan fingerprint density at radius 2 is 2.18 bits per heavy atom. The number of rotatable bonds is 5. The number of unbranched alkanes of at least 4 members (excludes halogenated alkanes) is 1. The third kappa shape index (κ3) is 4.14. The molecule has 1 aromatic rings. The van der Waals surface area contributed by atoms with E-state index in [1.165, 1.54) is 12.1 Å². The van der Waals surface area contributed by atoms with E-state index >= 15 is 0 Å². The van der Waals surface area contributed by atoms with Crippen LogP contribution in [0, 0.1) is 10.1 Å². The Morgan fingerprint density at radius 3 is 2.76 bits per heavy atom. The number of carbonyl (C=O) groups excluding carboxylic acids is 1. The average molecular weight is 301 g/mol. The fourth-order valence-electron chi connectivity index (χ4n) is 1.29. The molecule has 0 unspecified atom stereocenters. The molecular formula is C11H13BrN2O3. The molecule has 1 amide bonds. The summed E-state index contributed by atoms with van der Waals surface area (Å²) in [4.78, 5) is 21.8. The molecule has 0 atom stereocenters. The molecule has 1 rings (SSSR count). The van der Waals surface area contributed by atoms with Gasteiger partial charge in [-0.25, -0.2) is 0 Å². The molecule has 0 aliphatic heterocycles. The Hall–Kier alpha value is -1.43. The first-order valence-electron chi connectivity index (χ1n) is 5.27. The molecule has 1 aromatic carbocycles. The van der Waals surface area contributed by atoms with Crippen LogP contribution in [0.5, 0.6) is 0 Å². The van der Waals surface area contributed by atoms with Crippen molar-refractivity contribution in [2.75, 3.05) is 6.54 Å². The first-order chi connectivity index (χ1) is 8.04. The highest BCUT2D eigenvalue weighted by Gasteiger charge is 2.13. The Bertz CT molecular complexity index is 435. The predicted octanol–water partition coefficient (Wildman–Crippen LogP) is 2.89. The van der Waals surface area contributed by atoms with Crippen LogP contribution in [0.4, 0.5) is 5.69 Å². The SMILES string of the molecule is CCCCNC(=O)c1cc(Br)cc([N+](=O)[O-])c1. The van der Waals surface area contributed by atoms with Crippen molar-refractivity contribution in [2.45, 2.75) is 19.8 Å². The molecule has 17 heavy (non-hydrogen) atoms. The van der Waals surface area contributed by atoms with Crippen molar-refractivity contribution in [3.63, 3.8) is 0 Å². The second-order valence-corrected chi connectivity index (χ2v) is 4.48. The largest absolute Gasteiger partial charge is 0.352 e. The zero-order valence-corrected chi connectivity index (χ0v) is 11.0. The lowest BCUT2D eigenvalue weighted by atomic mass is 10.2. The van der Waals surface area contributed by atoms with Crippen LogP contribution >= 0.6 is 15.9 Å². The molecule has 0 saturated carbocycles. The number of nitro benzene ring substituents is 1. The number of nitrogens with one attached hydrogen (secondary N) is 1. The van der Waals surface area contributed by atoms with Gasteiger partial charge in [0.05, 0.1) is 4.92 Å². The molecule has 92 valence electrons. The van der Waals surface area contributed by atoms with Crippen molar-refractivity contribution in [3.8, 4) is 0 Å². The standard InChI is InChI=1S/C11H13BrN2O3/c1-2-3-4-13-11(15)8-5-9(12)7-10(6-8)14(16)17/h5-7H,2-4H2,1H3,(H,13,15). The zero-order chi connectivity index (χ0) is 12.8. The van der Waals surface area contributed by atoms with E-state index in [0.29, 0.717) is 16.6 Å². The van der Waals surface area contributed by atoms with E-state index in [0.717, 1.165) is 12.8 Å². The minimum atomic E-state index is -0.520. The minimum absolute atomic E-state index is 0.0972. The Labute approximate surface area is 107 Å². The summed E-state index contributed by atoms with van der Waals surface area (Å²) in [5.41, 5.74) is 0.196. The summed E-state index contributed by atoms with van der Waals surface area (Å²) in [6.45, 7) is 2.60. The van der Waals surface area contributed by atoms with Crippen LogP contribution in [-0.4, -0.2) is 17.4 Å². The molecule has 0 aliphatic rings. The molecule has 6 heteroatoms. The summed E-state index contributed by atoms with van der Waals surface area (Å²) in [5.74, 6) is -0.289. The molecule has 0 aliphatic carbocycles.